The summed E-state index contributed by atoms with van der Waals surface area (Å²) in [6.07, 6.45) is 0.328. The van der Waals surface area contributed by atoms with E-state index in [9.17, 15) is 9.59 Å². The summed E-state index contributed by atoms with van der Waals surface area (Å²) in [6, 6.07) is 22.2. The van der Waals surface area contributed by atoms with Gasteiger partial charge in [-0.15, -0.1) is 0 Å². The molecule has 3 aromatic carbocycles. The van der Waals surface area contributed by atoms with E-state index in [0.717, 1.165) is 11.3 Å². The molecule has 4 aromatic rings. The van der Waals surface area contributed by atoms with Crippen LogP contribution in [0, 0.1) is 0 Å². The second-order valence-corrected chi connectivity index (χ2v) is 8.00. The molecular formula is C25H20ClN3O2. The van der Waals surface area contributed by atoms with Crippen LogP contribution in [0.4, 0.5) is 5.69 Å². The average Bonchev–Trinajstić information content (AvgIpc) is 3.06. The molecule has 0 saturated carbocycles. The molecule has 6 heteroatoms. The van der Waals surface area contributed by atoms with Crippen LogP contribution in [0.2, 0.25) is 5.02 Å². The monoisotopic (exact) mass is 429 g/mol. The van der Waals surface area contributed by atoms with Gasteiger partial charge in [0, 0.05) is 23.7 Å². The topological polar surface area (TPSA) is 55.2 Å². The van der Waals surface area contributed by atoms with Crippen molar-refractivity contribution in [3.05, 3.63) is 99.6 Å². The molecule has 0 N–H and O–H groups in total. The van der Waals surface area contributed by atoms with E-state index in [4.69, 9.17) is 16.6 Å². The van der Waals surface area contributed by atoms with Crippen molar-refractivity contribution in [1.82, 2.24) is 9.55 Å². The van der Waals surface area contributed by atoms with Crippen LogP contribution in [-0.2, 0) is 11.2 Å². The normalized spacial score (nSPS) is 15.5. The highest BCUT2D eigenvalue weighted by molar-refractivity contribution is 6.30. The first kappa shape index (κ1) is 19.5. The van der Waals surface area contributed by atoms with E-state index < -0.39 is 0 Å². The van der Waals surface area contributed by atoms with Gasteiger partial charge in [0.1, 0.15) is 5.82 Å². The van der Waals surface area contributed by atoms with Crippen molar-refractivity contribution >= 4 is 34.1 Å². The number of fused-ring (bicyclic) bond motifs is 2. The van der Waals surface area contributed by atoms with Gasteiger partial charge in [-0.05, 0) is 55.0 Å². The van der Waals surface area contributed by atoms with Crippen molar-refractivity contribution < 1.29 is 4.79 Å². The predicted molar refractivity (Wildman–Crippen MR) is 123 cm³/mol. The van der Waals surface area contributed by atoms with Crippen molar-refractivity contribution in [3.8, 4) is 5.69 Å². The fourth-order valence-electron chi connectivity index (χ4n) is 4.35. The zero-order valence-corrected chi connectivity index (χ0v) is 17.7. The number of hydrogen-bond donors (Lipinski definition) is 0. The zero-order chi connectivity index (χ0) is 21.5. The molecule has 0 radical (unpaired) electrons. The van der Waals surface area contributed by atoms with Crippen LogP contribution < -0.4 is 10.5 Å². The molecule has 5 rings (SSSR count). The molecule has 154 valence electrons. The molecule has 1 aliphatic rings. The Morgan fingerprint density at radius 3 is 2.42 bits per heavy atom. The summed E-state index contributed by atoms with van der Waals surface area (Å²) in [5.74, 6) is 0.202. The molecule has 1 amide bonds. The van der Waals surface area contributed by atoms with Gasteiger partial charge < -0.3 is 4.90 Å². The standard InChI is InChI=1S/C25H20ClN3O2/c1-2-28-22-10-6-4-7-18(22)20(24(28)30)15-23-27-21-9-5-3-8-19(21)25(31)29(23)17-13-11-16(26)12-14-17/h3-14,20H,2,15H2,1H3/t20-/m1/s1. The summed E-state index contributed by atoms with van der Waals surface area (Å²) in [6.45, 7) is 2.57. The minimum Gasteiger partial charge on any atom is -0.312 e. The number of para-hydroxylation sites is 2. The number of nitrogens with zero attached hydrogens (tertiary/aromatic N) is 3. The molecule has 0 fully saturated rings. The van der Waals surface area contributed by atoms with Crippen LogP contribution in [0.25, 0.3) is 16.6 Å². The van der Waals surface area contributed by atoms with Gasteiger partial charge in [-0.1, -0.05) is 41.9 Å². The molecule has 31 heavy (non-hydrogen) atoms. The van der Waals surface area contributed by atoms with E-state index in [1.54, 1.807) is 39.8 Å². The molecule has 1 aliphatic heterocycles. The van der Waals surface area contributed by atoms with Crippen molar-refractivity contribution in [2.75, 3.05) is 11.4 Å². The summed E-state index contributed by atoms with van der Waals surface area (Å²) in [4.78, 5) is 33.3. The molecule has 0 unspecified atom stereocenters. The summed E-state index contributed by atoms with van der Waals surface area (Å²) in [7, 11) is 0. The highest BCUT2D eigenvalue weighted by Gasteiger charge is 2.37. The first-order valence-corrected chi connectivity index (χ1v) is 10.6. The summed E-state index contributed by atoms with van der Waals surface area (Å²) in [5.41, 5.74) is 3.04. The Balaban J connectivity index is 1.70. The third kappa shape index (κ3) is 3.22. The number of halogens is 1. The number of anilines is 1. The minimum absolute atomic E-state index is 0.0359. The lowest BCUT2D eigenvalue weighted by Crippen LogP contribution is -2.31. The molecule has 0 aliphatic carbocycles. The Bertz CT molecular complexity index is 1360. The Kier molecular flexibility index (Phi) is 4.83. The van der Waals surface area contributed by atoms with E-state index in [1.165, 1.54) is 0 Å². The molecule has 0 spiro atoms. The second-order valence-electron chi connectivity index (χ2n) is 7.56. The van der Waals surface area contributed by atoms with Gasteiger partial charge in [0.2, 0.25) is 5.91 Å². The average molecular weight is 430 g/mol. The van der Waals surface area contributed by atoms with E-state index in [2.05, 4.69) is 0 Å². The minimum atomic E-state index is -0.386. The number of likely N-dealkylation sites (N-methyl/N-ethyl adjacent to an activating group) is 1. The lowest BCUT2D eigenvalue weighted by Gasteiger charge is -2.17. The third-order valence-corrected chi connectivity index (χ3v) is 6.05. The van der Waals surface area contributed by atoms with E-state index in [0.29, 0.717) is 40.4 Å². The van der Waals surface area contributed by atoms with Gasteiger partial charge in [-0.2, -0.15) is 0 Å². The number of rotatable bonds is 4. The van der Waals surface area contributed by atoms with Gasteiger partial charge in [0.25, 0.3) is 5.56 Å². The SMILES string of the molecule is CCN1C(=O)[C@H](Cc2nc3ccccc3c(=O)n2-c2ccc(Cl)cc2)c2ccccc21. The molecule has 1 aromatic heterocycles. The lowest BCUT2D eigenvalue weighted by molar-refractivity contribution is -0.119. The van der Waals surface area contributed by atoms with Gasteiger partial charge >= 0.3 is 0 Å². The highest BCUT2D eigenvalue weighted by Crippen LogP contribution is 2.38. The van der Waals surface area contributed by atoms with Crippen molar-refractivity contribution in [2.45, 2.75) is 19.3 Å². The first-order chi connectivity index (χ1) is 15.1. The number of aromatic nitrogens is 2. The van der Waals surface area contributed by atoms with Crippen molar-refractivity contribution in [2.24, 2.45) is 0 Å². The number of benzene rings is 3. The van der Waals surface area contributed by atoms with Crippen LogP contribution in [0.1, 0.15) is 24.2 Å². The molecule has 1 atom stereocenters. The number of amides is 1. The van der Waals surface area contributed by atoms with E-state index in [-0.39, 0.29) is 17.4 Å². The fraction of sp³-hybridized carbons (Fsp3) is 0.160. The van der Waals surface area contributed by atoms with Crippen LogP contribution >= 0.6 is 11.6 Å². The van der Waals surface area contributed by atoms with Crippen LogP contribution in [0.15, 0.2) is 77.6 Å². The lowest BCUT2D eigenvalue weighted by atomic mass is 9.96. The maximum absolute atomic E-state index is 13.5. The first-order valence-electron chi connectivity index (χ1n) is 10.3. The van der Waals surface area contributed by atoms with E-state index >= 15 is 0 Å². The molecule has 0 bridgehead atoms. The van der Waals surface area contributed by atoms with Gasteiger partial charge in [-0.25, -0.2) is 4.98 Å². The number of hydrogen-bond acceptors (Lipinski definition) is 3. The Labute approximate surface area is 184 Å². The largest absolute Gasteiger partial charge is 0.312 e. The third-order valence-electron chi connectivity index (χ3n) is 5.80. The van der Waals surface area contributed by atoms with Gasteiger partial charge in [0.15, 0.2) is 0 Å². The Hall–Kier alpha value is -3.44. The highest BCUT2D eigenvalue weighted by atomic mass is 35.5. The van der Waals surface area contributed by atoms with Gasteiger partial charge in [-0.3, -0.25) is 14.2 Å². The van der Waals surface area contributed by atoms with Crippen molar-refractivity contribution in [3.63, 3.8) is 0 Å². The van der Waals surface area contributed by atoms with Gasteiger partial charge in [0.05, 0.1) is 22.5 Å². The maximum atomic E-state index is 13.5. The van der Waals surface area contributed by atoms with Crippen LogP contribution in [0.3, 0.4) is 0 Å². The van der Waals surface area contributed by atoms with Crippen LogP contribution in [-0.4, -0.2) is 22.0 Å². The second kappa shape index (κ2) is 7.67. The molecule has 2 heterocycles. The molecule has 0 saturated heterocycles. The Morgan fingerprint density at radius 1 is 0.935 bits per heavy atom. The number of carbonyl (C=O) groups is 1. The smallest absolute Gasteiger partial charge is 0.265 e. The number of carbonyl (C=O) groups excluding carboxylic acids is 1. The summed E-state index contributed by atoms with van der Waals surface area (Å²) in [5, 5.41) is 1.13. The van der Waals surface area contributed by atoms with E-state index in [1.807, 2.05) is 49.4 Å². The fourth-order valence-corrected chi connectivity index (χ4v) is 4.47. The van der Waals surface area contributed by atoms with Crippen LogP contribution in [0.5, 0.6) is 0 Å². The predicted octanol–water partition coefficient (Wildman–Crippen LogP) is 4.73. The summed E-state index contributed by atoms with van der Waals surface area (Å²) >= 11 is 6.07. The van der Waals surface area contributed by atoms with Crippen molar-refractivity contribution in [1.29, 1.82) is 0 Å². The Morgan fingerprint density at radius 2 is 1.65 bits per heavy atom. The maximum Gasteiger partial charge on any atom is 0.265 e. The summed E-state index contributed by atoms with van der Waals surface area (Å²) < 4.78 is 1.60. The molecule has 5 nitrogen and oxygen atoms in total. The molecular weight excluding hydrogens is 410 g/mol. The zero-order valence-electron chi connectivity index (χ0n) is 17.0. The quantitative estimate of drug-likeness (QED) is 0.471.